The average molecular weight is 846 g/mol. The number of azide groups is 1. The molecule has 3 heterocycles. The van der Waals surface area contributed by atoms with Crippen LogP contribution in [0.2, 0.25) is 0 Å². The fraction of sp³-hybridized carbons (Fsp3) is 0.448. The molecular weight excluding hydrogens is 807 g/mol. The SMILES string of the molecule is CNC(=O)c1cccc(OCC(N=[N+]=[N-])OCCOCC(=O)NCC#Cc2cn([C@H]3CC[C@@H](COP(=O)(O)OP(=O)(O)OP(C)(=O)O)O3)c3ncnc(N)c23)c1. The molecule has 27 heteroatoms. The second-order valence-electron chi connectivity index (χ2n) is 11.5. The molecule has 3 aromatic rings. The van der Waals surface area contributed by atoms with Crippen LogP contribution in [0, 0.1) is 11.8 Å². The molecule has 0 radical (unpaired) electrons. The van der Waals surface area contributed by atoms with Gasteiger partial charge >= 0.3 is 23.2 Å². The van der Waals surface area contributed by atoms with Crippen LogP contribution in [0.1, 0.15) is 35.0 Å². The van der Waals surface area contributed by atoms with E-state index in [1.54, 1.807) is 29.0 Å². The summed E-state index contributed by atoms with van der Waals surface area (Å²) >= 11 is 0. The van der Waals surface area contributed by atoms with Gasteiger partial charge < -0.3 is 54.6 Å². The minimum Gasteiger partial charge on any atom is -0.491 e. The molecule has 304 valence electrons. The van der Waals surface area contributed by atoms with Gasteiger partial charge in [0.05, 0.1) is 43.4 Å². The van der Waals surface area contributed by atoms with Crippen LogP contribution in [0.15, 0.2) is 41.9 Å². The molecule has 0 saturated carbocycles. The number of amides is 2. The predicted molar refractivity (Wildman–Crippen MR) is 194 cm³/mol. The van der Waals surface area contributed by atoms with E-state index in [2.05, 4.69) is 51.1 Å². The van der Waals surface area contributed by atoms with Gasteiger partial charge in [-0.1, -0.05) is 23.0 Å². The van der Waals surface area contributed by atoms with Crippen molar-refractivity contribution in [3.8, 4) is 17.6 Å². The molecule has 1 saturated heterocycles. The summed E-state index contributed by atoms with van der Waals surface area (Å²) < 4.78 is 71.9. The molecule has 1 aliphatic rings. The molecule has 4 rings (SSSR count). The van der Waals surface area contributed by atoms with E-state index >= 15 is 0 Å². The Bertz CT molecular complexity index is 2130. The van der Waals surface area contributed by atoms with Gasteiger partial charge in [-0.05, 0) is 36.6 Å². The van der Waals surface area contributed by atoms with E-state index in [4.69, 9.17) is 39.6 Å². The molecular formula is C29H38N9O15P3. The maximum Gasteiger partial charge on any atom is 0.488 e. The van der Waals surface area contributed by atoms with Crippen LogP contribution in [-0.4, -0.2) is 107 Å². The molecule has 1 aromatic carbocycles. The fourth-order valence-electron chi connectivity index (χ4n) is 4.93. The monoisotopic (exact) mass is 845 g/mol. The summed E-state index contributed by atoms with van der Waals surface area (Å²) in [7, 11) is -13.7. The Balaban J connectivity index is 1.23. The van der Waals surface area contributed by atoms with Crippen LogP contribution in [0.5, 0.6) is 5.75 Å². The number of carbonyl (C=O) groups excluding carboxylic acids is 2. The van der Waals surface area contributed by atoms with Crippen molar-refractivity contribution in [2.24, 2.45) is 5.11 Å². The predicted octanol–water partition coefficient (Wildman–Crippen LogP) is 2.33. The van der Waals surface area contributed by atoms with E-state index in [0.29, 0.717) is 47.4 Å². The summed E-state index contributed by atoms with van der Waals surface area (Å²) in [6.07, 6.45) is 1.05. The number of phosphoric ester groups is 1. The Hall–Kier alpha value is -4.42. The van der Waals surface area contributed by atoms with Crippen molar-refractivity contribution in [2.45, 2.75) is 31.4 Å². The van der Waals surface area contributed by atoms with Crippen molar-refractivity contribution in [3.05, 3.63) is 58.4 Å². The summed E-state index contributed by atoms with van der Waals surface area (Å²) in [4.78, 5) is 63.6. The number of phosphoric acid groups is 2. The third-order valence-electron chi connectivity index (χ3n) is 7.18. The van der Waals surface area contributed by atoms with Gasteiger partial charge in [-0.25, -0.2) is 23.4 Å². The zero-order valence-electron chi connectivity index (χ0n) is 29.7. The lowest BCUT2D eigenvalue weighted by atomic mass is 10.2. The highest BCUT2D eigenvalue weighted by Crippen LogP contribution is 2.66. The Morgan fingerprint density at radius 2 is 1.96 bits per heavy atom. The first kappa shape index (κ1) is 44.3. The normalized spacial score (nSPS) is 18.9. The van der Waals surface area contributed by atoms with Crippen LogP contribution >= 0.6 is 23.2 Å². The number of hydrogen-bond donors (Lipinski definition) is 6. The smallest absolute Gasteiger partial charge is 0.488 e. The number of ether oxygens (including phenoxy) is 4. The number of aromatic nitrogens is 3. The molecule has 4 unspecified atom stereocenters. The number of nitrogens with one attached hydrogen (secondary N) is 2. The number of anilines is 1. The highest BCUT2D eigenvalue weighted by Gasteiger charge is 2.40. The average Bonchev–Trinajstić information content (AvgIpc) is 3.75. The number of hydrogen-bond acceptors (Lipinski definition) is 16. The van der Waals surface area contributed by atoms with E-state index in [9.17, 15) is 33.1 Å². The van der Waals surface area contributed by atoms with Crippen molar-refractivity contribution in [1.29, 1.82) is 0 Å². The van der Waals surface area contributed by atoms with Crippen LogP contribution in [0.3, 0.4) is 0 Å². The van der Waals surface area contributed by atoms with Gasteiger partial charge in [-0.15, -0.1) is 0 Å². The minimum atomic E-state index is -5.42. The van der Waals surface area contributed by atoms with Crippen molar-refractivity contribution in [2.75, 3.05) is 59.0 Å². The number of carbonyl (C=O) groups is 2. The molecule has 0 aliphatic carbocycles. The van der Waals surface area contributed by atoms with Crippen molar-refractivity contribution < 1.29 is 70.1 Å². The third kappa shape index (κ3) is 14.0. The Labute approximate surface area is 318 Å². The molecule has 56 heavy (non-hydrogen) atoms. The summed E-state index contributed by atoms with van der Waals surface area (Å²) in [6, 6.07) is 6.40. The van der Waals surface area contributed by atoms with Crippen molar-refractivity contribution in [3.63, 3.8) is 0 Å². The summed E-state index contributed by atoms with van der Waals surface area (Å²) in [6.45, 7) is -0.556. The number of nitrogen functional groups attached to an aromatic ring is 1. The fourth-order valence-corrected chi connectivity index (χ4v) is 8.43. The number of nitrogens with zero attached hydrogens (tertiary/aromatic N) is 6. The number of nitrogens with two attached hydrogens (primary N) is 1. The molecule has 1 fully saturated rings. The van der Waals surface area contributed by atoms with E-state index in [1.807, 2.05) is 0 Å². The van der Waals surface area contributed by atoms with Crippen molar-refractivity contribution >= 4 is 51.9 Å². The van der Waals surface area contributed by atoms with Crippen LogP contribution < -0.4 is 21.1 Å². The zero-order chi connectivity index (χ0) is 40.9. The quantitative estimate of drug-likeness (QED) is 0.0237. The van der Waals surface area contributed by atoms with E-state index in [1.165, 1.54) is 19.4 Å². The number of benzene rings is 1. The Morgan fingerprint density at radius 1 is 1.18 bits per heavy atom. The largest absolute Gasteiger partial charge is 0.491 e. The lowest BCUT2D eigenvalue weighted by Crippen LogP contribution is -2.29. The van der Waals surface area contributed by atoms with Crippen molar-refractivity contribution in [1.82, 2.24) is 25.2 Å². The van der Waals surface area contributed by atoms with Gasteiger partial charge in [0.2, 0.25) is 5.91 Å². The first-order chi connectivity index (χ1) is 26.5. The molecule has 7 N–H and O–H groups in total. The first-order valence-corrected chi connectivity index (χ1v) is 21.2. The second-order valence-corrected chi connectivity index (χ2v) is 16.5. The van der Waals surface area contributed by atoms with Gasteiger partial charge in [0.1, 0.15) is 43.0 Å². The van der Waals surface area contributed by atoms with Crippen LogP contribution in [-0.2, 0) is 45.8 Å². The van der Waals surface area contributed by atoms with Gasteiger partial charge in [-0.2, -0.15) is 4.31 Å². The van der Waals surface area contributed by atoms with E-state index in [0.717, 1.165) is 0 Å². The van der Waals surface area contributed by atoms with Gasteiger partial charge in [-0.3, -0.25) is 18.7 Å². The second kappa shape index (κ2) is 20.1. The van der Waals surface area contributed by atoms with Gasteiger partial charge in [0.15, 0.2) is 6.23 Å². The number of rotatable bonds is 20. The molecule has 24 nitrogen and oxygen atoms in total. The lowest BCUT2D eigenvalue weighted by Gasteiger charge is -2.19. The molecule has 6 atom stereocenters. The van der Waals surface area contributed by atoms with Crippen LogP contribution in [0.4, 0.5) is 5.82 Å². The minimum absolute atomic E-state index is 0.0157. The maximum atomic E-state index is 12.3. The summed E-state index contributed by atoms with van der Waals surface area (Å²) in [5.41, 5.74) is 16.1. The Morgan fingerprint density at radius 3 is 2.70 bits per heavy atom. The molecule has 1 aliphatic heterocycles. The number of fused-ring (bicyclic) bond motifs is 1. The maximum absolute atomic E-state index is 12.3. The highest BCUT2D eigenvalue weighted by atomic mass is 31.3. The lowest BCUT2D eigenvalue weighted by molar-refractivity contribution is -0.126. The van der Waals surface area contributed by atoms with Crippen LogP contribution in [0.25, 0.3) is 21.5 Å². The molecule has 2 amide bonds. The van der Waals surface area contributed by atoms with E-state index in [-0.39, 0.29) is 44.7 Å². The standard InChI is InChI=1S/C29H38N9O15P3/c1-32-29(40)19-5-3-7-21(13-19)49-17-24(36-37-31)48-12-11-47-16-23(39)33-10-4-6-20-14-38(28-26(20)27(30)34-18-35-28)25-9-8-22(51-25)15-50-55(43,44)53-56(45,46)52-54(2,41)42/h3,5,7,13-14,18,22,24-25H,8-12,15-17H2,1-2H3,(H,32,40)(H,33,39)(H,41,42)(H,43,44)(H,45,46)(H2,30,34,35)/t22-,24?,25+/m0/s1. The first-order valence-electron chi connectivity index (χ1n) is 16.2. The molecule has 2 aromatic heterocycles. The third-order valence-corrected chi connectivity index (χ3v) is 11.3. The molecule has 0 bridgehead atoms. The van der Waals surface area contributed by atoms with E-state index < -0.39 is 54.3 Å². The Kier molecular flexibility index (Phi) is 15.9. The zero-order valence-corrected chi connectivity index (χ0v) is 32.4. The summed E-state index contributed by atoms with van der Waals surface area (Å²) in [5.74, 6) is 5.44. The van der Waals surface area contributed by atoms with Gasteiger partial charge in [0, 0.05) is 30.4 Å². The topological polar surface area (TPSA) is 340 Å². The highest BCUT2D eigenvalue weighted by molar-refractivity contribution is 7.68. The summed E-state index contributed by atoms with van der Waals surface area (Å²) in [5, 5.41) is 9.03. The molecule has 0 spiro atoms. The van der Waals surface area contributed by atoms with Gasteiger partial charge in [0.25, 0.3) is 5.91 Å².